The molecular formula is C10H22N2O3. The van der Waals surface area contributed by atoms with Crippen molar-refractivity contribution in [2.24, 2.45) is 5.73 Å². The maximum atomic E-state index is 11.4. The van der Waals surface area contributed by atoms with Gasteiger partial charge in [0.2, 0.25) is 0 Å². The van der Waals surface area contributed by atoms with E-state index in [0.29, 0.717) is 13.0 Å². The van der Waals surface area contributed by atoms with Gasteiger partial charge in [-0.1, -0.05) is 0 Å². The van der Waals surface area contributed by atoms with Gasteiger partial charge in [0.05, 0.1) is 12.1 Å². The molecule has 0 bridgehead atoms. The number of hydrogen-bond donors (Lipinski definition) is 3. The number of alkyl carbamates (subject to hydrolysis) is 1. The Morgan fingerprint density at radius 2 is 2.07 bits per heavy atom. The average Bonchev–Trinajstić information content (AvgIpc) is 1.99. The summed E-state index contributed by atoms with van der Waals surface area (Å²) < 4.78 is 5.06. The van der Waals surface area contributed by atoms with Gasteiger partial charge in [0.25, 0.3) is 0 Å². The van der Waals surface area contributed by atoms with Gasteiger partial charge >= 0.3 is 6.09 Å². The molecule has 0 aromatic carbocycles. The first-order valence-corrected chi connectivity index (χ1v) is 5.14. The minimum absolute atomic E-state index is 0.357. The van der Waals surface area contributed by atoms with Gasteiger partial charge in [-0.2, -0.15) is 0 Å². The lowest BCUT2D eigenvalue weighted by molar-refractivity contribution is 0.0433. The zero-order valence-electron chi connectivity index (χ0n) is 9.91. The van der Waals surface area contributed by atoms with Crippen LogP contribution >= 0.6 is 0 Å². The number of carbonyl (C=O) groups excluding carboxylic acids is 1. The van der Waals surface area contributed by atoms with E-state index in [1.807, 2.05) is 0 Å². The number of carbonyl (C=O) groups is 1. The van der Waals surface area contributed by atoms with Gasteiger partial charge in [-0.3, -0.25) is 0 Å². The topological polar surface area (TPSA) is 84.6 Å². The second kappa shape index (κ2) is 5.92. The molecule has 15 heavy (non-hydrogen) atoms. The Morgan fingerprint density at radius 1 is 1.53 bits per heavy atom. The highest BCUT2D eigenvalue weighted by Crippen LogP contribution is 2.07. The maximum absolute atomic E-state index is 11.4. The highest BCUT2D eigenvalue weighted by molar-refractivity contribution is 5.68. The molecule has 0 saturated carbocycles. The molecule has 0 aliphatic rings. The van der Waals surface area contributed by atoms with Crippen LogP contribution in [0.25, 0.3) is 0 Å². The monoisotopic (exact) mass is 218 g/mol. The number of nitrogens with one attached hydrogen (secondary N) is 1. The molecular weight excluding hydrogens is 196 g/mol. The Hall–Kier alpha value is -0.810. The third kappa shape index (κ3) is 7.16. The molecule has 5 nitrogen and oxygen atoms in total. The van der Waals surface area contributed by atoms with E-state index < -0.39 is 17.8 Å². The van der Waals surface area contributed by atoms with Gasteiger partial charge in [0.1, 0.15) is 5.60 Å². The lowest BCUT2D eigenvalue weighted by Crippen LogP contribution is -2.45. The van der Waals surface area contributed by atoms with Gasteiger partial charge in [-0.05, 0) is 40.7 Å². The summed E-state index contributed by atoms with van der Waals surface area (Å²) in [6.45, 7) is 7.37. The van der Waals surface area contributed by atoms with Gasteiger partial charge in [-0.25, -0.2) is 4.79 Å². The predicted octanol–water partition coefficient (Wildman–Crippen LogP) is 0.609. The van der Waals surface area contributed by atoms with Gasteiger partial charge < -0.3 is 20.9 Å². The van der Waals surface area contributed by atoms with Crippen molar-refractivity contribution < 1.29 is 14.6 Å². The van der Waals surface area contributed by atoms with Crippen LogP contribution in [0.1, 0.15) is 34.1 Å². The van der Waals surface area contributed by atoms with Gasteiger partial charge in [0.15, 0.2) is 0 Å². The number of aliphatic hydroxyl groups is 1. The van der Waals surface area contributed by atoms with Crippen molar-refractivity contribution in [3.8, 4) is 0 Å². The van der Waals surface area contributed by atoms with Crippen molar-refractivity contribution in [3.05, 3.63) is 0 Å². The van der Waals surface area contributed by atoms with E-state index in [1.54, 1.807) is 27.7 Å². The lowest BCUT2D eigenvalue weighted by Gasteiger charge is -2.24. The van der Waals surface area contributed by atoms with E-state index in [0.717, 1.165) is 0 Å². The number of amides is 1. The summed E-state index contributed by atoms with van der Waals surface area (Å²) in [6, 6.07) is -0.357. The molecule has 0 saturated heterocycles. The van der Waals surface area contributed by atoms with Crippen molar-refractivity contribution >= 4 is 6.09 Å². The smallest absolute Gasteiger partial charge is 0.407 e. The molecule has 5 heteroatoms. The first-order chi connectivity index (χ1) is 6.76. The van der Waals surface area contributed by atoms with Crippen LogP contribution in [-0.4, -0.2) is 35.5 Å². The Kier molecular flexibility index (Phi) is 5.60. The van der Waals surface area contributed by atoms with E-state index in [2.05, 4.69) is 5.32 Å². The molecule has 0 spiro atoms. The fourth-order valence-electron chi connectivity index (χ4n) is 1.07. The first-order valence-electron chi connectivity index (χ1n) is 5.14. The lowest BCUT2D eigenvalue weighted by atomic mass is 10.1. The first kappa shape index (κ1) is 14.2. The Labute approximate surface area is 91.0 Å². The minimum atomic E-state index is -0.638. The van der Waals surface area contributed by atoms with Crippen LogP contribution in [0.5, 0.6) is 0 Å². The summed E-state index contributed by atoms with van der Waals surface area (Å²) in [4.78, 5) is 11.4. The van der Waals surface area contributed by atoms with E-state index in [-0.39, 0.29) is 6.04 Å². The number of rotatable bonds is 4. The van der Waals surface area contributed by atoms with Crippen LogP contribution in [0.3, 0.4) is 0 Å². The minimum Gasteiger partial charge on any atom is -0.444 e. The molecule has 90 valence electrons. The molecule has 0 aliphatic heterocycles. The zero-order chi connectivity index (χ0) is 12.1. The molecule has 0 fully saturated rings. The largest absolute Gasteiger partial charge is 0.444 e. The Morgan fingerprint density at radius 3 is 2.40 bits per heavy atom. The summed E-state index contributed by atoms with van der Waals surface area (Å²) >= 11 is 0. The molecule has 4 N–H and O–H groups in total. The fraction of sp³-hybridized carbons (Fsp3) is 0.900. The normalized spacial score (nSPS) is 15.6. The van der Waals surface area contributed by atoms with Crippen molar-refractivity contribution in [2.75, 3.05) is 6.54 Å². The van der Waals surface area contributed by atoms with Crippen LogP contribution < -0.4 is 11.1 Å². The van der Waals surface area contributed by atoms with Crippen LogP contribution in [0.15, 0.2) is 0 Å². The SMILES string of the molecule is CC(O)C(CCN)NC(=O)OC(C)(C)C. The standard InChI is InChI=1S/C10H22N2O3/c1-7(13)8(5-6-11)12-9(14)15-10(2,3)4/h7-8,13H,5-6,11H2,1-4H3,(H,12,14). The molecule has 0 aliphatic carbocycles. The zero-order valence-corrected chi connectivity index (χ0v) is 9.91. The van der Waals surface area contributed by atoms with E-state index in [1.165, 1.54) is 0 Å². The molecule has 0 aromatic rings. The van der Waals surface area contributed by atoms with Crippen molar-refractivity contribution in [3.63, 3.8) is 0 Å². The highest BCUT2D eigenvalue weighted by Gasteiger charge is 2.21. The fourth-order valence-corrected chi connectivity index (χ4v) is 1.07. The molecule has 0 rings (SSSR count). The van der Waals surface area contributed by atoms with Crippen molar-refractivity contribution in [1.82, 2.24) is 5.32 Å². The number of ether oxygens (including phenoxy) is 1. The van der Waals surface area contributed by atoms with Gasteiger partial charge in [0, 0.05) is 0 Å². The van der Waals surface area contributed by atoms with Crippen LogP contribution in [0, 0.1) is 0 Å². The van der Waals surface area contributed by atoms with E-state index >= 15 is 0 Å². The molecule has 2 unspecified atom stereocenters. The third-order valence-electron chi connectivity index (χ3n) is 1.76. The van der Waals surface area contributed by atoms with E-state index in [9.17, 15) is 9.90 Å². The summed E-state index contributed by atoms with van der Waals surface area (Å²) in [6.07, 6.45) is -0.639. The van der Waals surface area contributed by atoms with Crippen LogP contribution in [0.2, 0.25) is 0 Å². The summed E-state index contributed by atoms with van der Waals surface area (Å²) in [7, 11) is 0. The van der Waals surface area contributed by atoms with Crippen LogP contribution in [-0.2, 0) is 4.74 Å². The summed E-state index contributed by atoms with van der Waals surface area (Å²) in [5.41, 5.74) is 4.84. The average molecular weight is 218 g/mol. The quantitative estimate of drug-likeness (QED) is 0.645. The molecule has 0 heterocycles. The summed E-state index contributed by atoms with van der Waals surface area (Å²) in [5.74, 6) is 0. The second-order valence-corrected chi connectivity index (χ2v) is 4.57. The Bertz CT molecular complexity index is 199. The Balaban J connectivity index is 4.11. The highest BCUT2D eigenvalue weighted by atomic mass is 16.6. The number of hydrogen-bond acceptors (Lipinski definition) is 4. The van der Waals surface area contributed by atoms with Crippen LogP contribution in [0.4, 0.5) is 4.79 Å². The van der Waals surface area contributed by atoms with E-state index in [4.69, 9.17) is 10.5 Å². The molecule has 1 amide bonds. The van der Waals surface area contributed by atoms with Crippen molar-refractivity contribution in [2.45, 2.75) is 51.9 Å². The van der Waals surface area contributed by atoms with Crippen molar-refractivity contribution in [1.29, 1.82) is 0 Å². The predicted molar refractivity (Wildman–Crippen MR) is 58.5 cm³/mol. The maximum Gasteiger partial charge on any atom is 0.407 e. The second-order valence-electron chi connectivity index (χ2n) is 4.57. The van der Waals surface area contributed by atoms with Gasteiger partial charge in [-0.15, -0.1) is 0 Å². The molecule has 0 aromatic heterocycles. The third-order valence-corrected chi connectivity index (χ3v) is 1.76. The summed E-state index contributed by atoms with van der Waals surface area (Å²) in [5, 5.41) is 11.9. The molecule has 2 atom stereocenters. The number of aliphatic hydroxyl groups excluding tert-OH is 1. The number of nitrogens with two attached hydrogens (primary N) is 1. The molecule has 0 radical (unpaired) electrons.